The van der Waals surface area contributed by atoms with Crippen LogP contribution in [-0.4, -0.2) is 5.11 Å². The Hall–Kier alpha value is -1.79. The molecule has 0 saturated carbocycles. The van der Waals surface area contributed by atoms with Crippen LogP contribution in [0.2, 0.25) is 0 Å². The first-order valence-electron chi connectivity index (χ1n) is 3.86. The van der Waals surface area contributed by atoms with E-state index in [2.05, 4.69) is 6.57 Å². The topological polar surface area (TPSA) is 44.0 Å². The highest BCUT2D eigenvalue weighted by Gasteiger charge is 1.74. The van der Waals surface area contributed by atoms with Crippen molar-refractivity contribution < 1.29 is 5.11 Å². The molecule has 2 nitrogen and oxygen atoms in total. The van der Waals surface area contributed by atoms with Crippen LogP contribution in [0.25, 0.3) is 0 Å². The van der Waals surface area contributed by atoms with Crippen molar-refractivity contribution in [2.75, 3.05) is 0 Å². The van der Waals surface area contributed by atoms with E-state index in [1.54, 1.807) is 35.6 Å². The maximum Gasteiger partial charge on any atom is 0.115 e. The number of phenolic OH excluding ortho intramolecular Hbond substituents is 1. The first-order valence-corrected chi connectivity index (χ1v) is 4.81. The van der Waals surface area contributed by atoms with Gasteiger partial charge in [0.05, 0.1) is 0 Å². The summed E-state index contributed by atoms with van der Waals surface area (Å²) in [6.45, 7) is 3.50. The van der Waals surface area contributed by atoms with E-state index < -0.39 is 0 Å². The van der Waals surface area contributed by atoms with Crippen LogP contribution in [0.3, 0.4) is 0 Å². The Morgan fingerprint density at radius 3 is 1.64 bits per heavy atom. The quantitative estimate of drug-likeness (QED) is 0.717. The maximum atomic E-state index is 8.63. The number of para-hydroxylation sites is 1. The van der Waals surface area contributed by atoms with Gasteiger partial charge in [-0.1, -0.05) is 30.3 Å². The van der Waals surface area contributed by atoms with E-state index in [0.717, 1.165) is 0 Å². The number of benzene rings is 1. The predicted octanol–water partition coefficient (Wildman–Crippen LogP) is 3.28. The van der Waals surface area contributed by atoms with Gasteiger partial charge in [0.1, 0.15) is 5.75 Å². The summed E-state index contributed by atoms with van der Waals surface area (Å²) in [6, 6.07) is 12.7. The van der Waals surface area contributed by atoms with Crippen LogP contribution >= 0.6 is 11.3 Å². The number of hydrogen-bond acceptors (Lipinski definition) is 3. The molecule has 1 aromatic heterocycles. The largest absolute Gasteiger partial charge is 0.508 e. The van der Waals surface area contributed by atoms with Gasteiger partial charge in [-0.05, 0) is 22.9 Å². The van der Waals surface area contributed by atoms with Gasteiger partial charge in [-0.2, -0.15) is 11.3 Å². The Balaban J connectivity index is 0.000000213. The van der Waals surface area contributed by atoms with Gasteiger partial charge in [0, 0.05) is 6.57 Å². The van der Waals surface area contributed by atoms with E-state index in [1.165, 1.54) is 0 Å². The van der Waals surface area contributed by atoms with Gasteiger partial charge in [-0.15, -0.1) is 0 Å². The summed E-state index contributed by atoms with van der Waals surface area (Å²) in [7, 11) is 0. The molecule has 0 unspecified atom stereocenters. The number of hydrogen-bond donors (Lipinski definition) is 1. The monoisotopic (exact) mass is 205 g/mol. The third kappa shape index (κ3) is 6.89. The zero-order valence-electron chi connectivity index (χ0n) is 7.58. The minimum Gasteiger partial charge on any atom is -0.508 e. The van der Waals surface area contributed by atoms with Crippen LogP contribution < -0.4 is 0 Å². The zero-order chi connectivity index (χ0) is 10.6. The van der Waals surface area contributed by atoms with Gasteiger partial charge in [0.15, 0.2) is 0 Å². The van der Waals surface area contributed by atoms with E-state index in [0.29, 0.717) is 5.75 Å². The lowest BCUT2D eigenvalue weighted by molar-refractivity contribution is 0.475. The summed E-state index contributed by atoms with van der Waals surface area (Å²) >= 11 is 1.71. The summed E-state index contributed by atoms with van der Waals surface area (Å²) in [5.74, 6) is 0.322. The number of phenols is 1. The van der Waals surface area contributed by atoms with Crippen molar-refractivity contribution in [3.8, 4) is 12.3 Å². The lowest BCUT2D eigenvalue weighted by atomic mass is 10.3. The van der Waals surface area contributed by atoms with Gasteiger partial charge >= 0.3 is 0 Å². The Morgan fingerprint density at radius 1 is 0.929 bits per heavy atom. The van der Waals surface area contributed by atoms with Crippen LogP contribution in [0.4, 0.5) is 0 Å². The number of nitrogens with zero attached hydrogens (tertiary/aromatic N) is 1. The second-order valence-corrected chi connectivity index (χ2v) is 2.95. The average molecular weight is 205 g/mol. The molecular weight excluding hydrogens is 194 g/mol. The fraction of sp³-hybridized carbons (Fsp3) is 0. The predicted molar refractivity (Wildman–Crippen MR) is 59.1 cm³/mol. The summed E-state index contributed by atoms with van der Waals surface area (Å²) in [5.41, 5.74) is 0. The molecule has 0 aliphatic heterocycles. The molecule has 1 aromatic carbocycles. The highest BCUT2D eigenvalue weighted by molar-refractivity contribution is 7.07. The Bertz CT molecular complexity index is 298. The van der Waals surface area contributed by atoms with Gasteiger partial charge in [0.25, 0.3) is 0 Å². The molecule has 0 aliphatic carbocycles. The van der Waals surface area contributed by atoms with Crippen molar-refractivity contribution in [3.63, 3.8) is 0 Å². The molecule has 0 radical (unpaired) electrons. The van der Waals surface area contributed by atoms with Crippen molar-refractivity contribution in [1.82, 2.24) is 0 Å². The van der Waals surface area contributed by atoms with Gasteiger partial charge in [-0.3, -0.25) is 0 Å². The Labute approximate surface area is 87.7 Å². The SMILES string of the molecule is C#N.Oc1ccccc1.c1ccsc1. The fourth-order valence-corrected chi connectivity index (χ4v) is 1.11. The second kappa shape index (κ2) is 9.30. The first kappa shape index (κ1) is 12.2. The lowest BCUT2D eigenvalue weighted by Crippen LogP contribution is -1.56. The summed E-state index contributed by atoms with van der Waals surface area (Å²) in [6.07, 6.45) is 0. The first-order chi connectivity index (χ1) is 6.89. The molecule has 0 amide bonds. The number of aromatic hydroxyl groups is 1. The average Bonchev–Trinajstić information content (AvgIpc) is 2.80. The smallest absolute Gasteiger partial charge is 0.115 e. The van der Waals surface area contributed by atoms with Crippen LogP contribution in [-0.2, 0) is 0 Å². The lowest BCUT2D eigenvalue weighted by Gasteiger charge is -1.82. The molecule has 0 saturated heterocycles. The van der Waals surface area contributed by atoms with Crippen LogP contribution in [0, 0.1) is 11.8 Å². The number of rotatable bonds is 0. The Kier molecular flexibility index (Phi) is 8.11. The molecule has 3 heteroatoms. The third-order valence-electron chi connectivity index (χ3n) is 1.18. The molecule has 0 atom stereocenters. The van der Waals surface area contributed by atoms with E-state index >= 15 is 0 Å². The van der Waals surface area contributed by atoms with E-state index in [9.17, 15) is 0 Å². The van der Waals surface area contributed by atoms with Crippen molar-refractivity contribution in [2.45, 2.75) is 0 Å². The van der Waals surface area contributed by atoms with E-state index in [-0.39, 0.29) is 0 Å². The molecule has 1 N–H and O–H groups in total. The number of thiophene rings is 1. The molecule has 2 aromatic rings. The highest BCUT2D eigenvalue weighted by atomic mass is 32.1. The maximum absolute atomic E-state index is 8.63. The normalized spacial score (nSPS) is 7.29. The minimum absolute atomic E-state index is 0.322. The van der Waals surface area contributed by atoms with Crippen molar-refractivity contribution in [3.05, 3.63) is 53.2 Å². The highest BCUT2D eigenvalue weighted by Crippen LogP contribution is 2.02. The molecule has 2 rings (SSSR count). The standard InChI is InChI=1S/C6H6O.C4H4S.CHN/c7-6-4-2-1-3-5-6;1-2-4-5-3-1;1-2/h1-5,7H;1-4H;1H. The molecule has 1 heterocycles. The van der Waals surface area contributed by atoms with E-state index in [1.807, 2.05) is 29.0 Å². The van der Waals surface area contributed by atoms with Crippen LogP contribution in [0.1, 0.15) is 0 Å². The van der Waals surface area contributed by atoms with Crippen molar-refractivity contribution in [1.29, 1.82) is 5.26 Å². The summed E-state index contributed by atoms with van der Waals surface area (Å²) in [5, 5.41) is 19.2. The molecule has 72 valence electrons. The molecule has 0 aliphatic rings. The van der Waals surface area contributed by atoms with E-state index in [4.69, 9.17) is 10.4 Å². The summed E-state index contributed by atoms with van der Waals surface area (Å²) in [4.78, 5) is 0. The van der Waals surface area contributed by atoms with Crippen LogP contribution in [0.5, 0.6) is 5.75 Å². The molecule has 14 heavy (non-hydrogen) atoms. The minimum atomic E-state index is 0.322. The molecule has 0 spiro atoms. The number of nitriles is 1. The second-order valence-electron chi connectivity index (χ2n) is 2.13. The third-order valence-corrected chi connectivity index (χ3v) is 1.81. The zero-order valence-corrected chi connectivity index (χ0v) is 8.39. The molecule has 0 bridgehead atoms. The fourth-order valence-electron chi connectivity index (χ4n) is 0.655. The molecule has 0 fully saturated rings. The van der Waals surface area contributed by atoms with Crippen molar-refractivity contribution in [2.24, 2.45) is 0 Å². The van der Waals surface area contributed by atoms with Gasteiger partial charge < -0.3 is 5.11 Å². The van der Waals surface area contributed by atoms with Gasteiger partial charge in [-0.25, -0.2) is 5.26 Å². The van der Waals surface area contributed by atoms with Crippen molar-refractivity contribution >= 4 is 11.3 Å². The van der Waals surface area contributed by atoms with Crippen LogP contribution in [0.15, 0.2) is 53.2 Å². The Morgan fingerprint density at radius 2 is 1.43 bits per heavy atom. The van der Waals surface area contributed by atoms with Gasteiger partial charge in [0.2, 0.25) is 0 Å². The summed E-state index contributed by atoms with van der Waals surface area (Å²) < 4.78 is 0. The molecular formula is C11H11NOS.